The molecule has 0 saturated carbocycles. The molecule has 0 aliphatic heterocycles. The fourth-order valence-electron chi connectivity index (χ4n) is 4.21. The Bertz CT molecular complexity index is 1120. The maximum absolute atomic E-state index is 12.8. The standard InChI is InChI=1S/C31H32N4O/c36-31(23-30(28-9-3-1-4-10-28)29-11-5-2-6-12-29)34-17-7-8-22-35(24-26-13-18-32-19-14-26)25-27-15-20-33-21-16-27/h1-16,18-21,30H,17,22-25H2,(H,34,36)/b8-7+. The Morgan fingerprint density at radius 1 is 0.722 bits per heavy atom. The molecule has 0 spiro atoms. The molecule has 4 rings (SSSR count). The van der Waals surface area contributed by atoms with Crippen molar-refractivity contribution < 1.29 is 4.79 Å². The molecule has 5 nitrogen and oxygen atoms in total. The van der Waals surface area contributed by atoms with Gasteiger partial charge in [0.15, 0.2) is 0 Å². The van der Waals surface area contributed by atoms with Crippen LogP contribution in [-0.4, -0.2) is 33.9 Å². The van der Waals surface area contributed by atoms with Crippen LogP contribution in [0.1, 0.15) is 34.6 Å². The van der Waals surface area contributed by atoms with E-state index in [2.05, 4.69) is 50.5 Å². The summed E-state index contributed by atoms with van der Waals surface area (Å²) in [7, 11) is 0. The fourth-order valence-corrected chi connectivity index (χ4v) is 4.21. The topological polar surface area (TPSA) is 58.1 Å². The van der Waals surface area contributed by atoms with Crippen molar-refractivity contribution in [2.24, 2.45) is 0 Å². The fraction of sp³-hybridized carbons (Fsp3) is 0.194. The lowest BCUT2D eigenvalue weighted by Gasteiger charge is -2.21. The molecular formula is C31H32N4O. The quantitative estimate of drug-likeness (QED) is 0.279. The molecule has 0 atom stereocenters. The molecule has 1 N–H and O–H groups in total. The number of amides is 1. The number of aromatic nitrogens is 2. The smallest absolute Gasteiger partial charge is 0.221 e. The Hall–Kier alpha value is -4.09. The Balaban J connectivity index is 1.31. The Morgan fingerprint density at radius 2 is 1.22 bits per heavy atom. The van der Waals surface area contributed by atoms with E-state index in [9.17, 15) is 4.79 Å². The highest BCUT2D eigenvalue weighted by Crippen LogP contribution is 2.27. The van der Waals surface area contributed by atoms with Gasteiger partial charge in [-0.2, -0.15) is 0 Å². The van der Waals surface area contributed by atoms with Gasteiger partial charge in [-0.1, -0.05) is 72.8 Å². The van der Waals surface area contributed by atoms with Gasteiger partial charge in [-0.05, 0) is 46.5 Å². The van der Waals surface area contributed by atoms with Crippen molar-refractivity contribution in [2.45, 2.75) is 25.4 Å². The third-order valence-electron chi connectivity index (χ3n) is 6.05. The Morgan fingerprint density at radius 3 is 1.72 bits per heavy atom. The molecule has 0 fully saturated rings. The van der Waals surface area contributed by atoms with E-state index in [1.165, 1.54) is 11.1 Å². The highest BCUT2D eigenvalue weighted by molar-refractivity contribution is 5.77. The number of pyridine rings is 2. The summed E-state index contributed by atoms with van der Waals surface area (Å²) in [6, 6.07) is 28.6. The summed E-state index contributed by atoms with van der Waals surface area (Å²) in [5.41, 5.74) is 4.73. The van der Waals surface area contributed by atoms with Crippen LogP contribution >= 0.6 is 0 Å². The predicted molar refractivity (Wildman–Crippen MR) is 144 cm³/mol. The zero-order valence-electron chi connectivity index (χ0n) is 20.4. The van der Waals surface area contributed by atoms with Crippen LogP contribution in [0, 0.1) is 0 Å². The highest BCUT2D eigenvalue weighted by Gasteiger charge is 2.17. The van der Waals surface area contributed by atoms with Crippen molar-refractivity contribution in [3.63, 3.8) is 0 Å². The van der Waals surface area contributed by atoms with E-state index in [-0.39, 0.29) is 11.8 Å². The number of hydrogen-bond acceptors (Lipinski definition) is 4. The first-order chi connectivity index (χ1) is 17.8. The summed E-state index contributed by atoms with van der Waals surface area (Å²) in [5, 5.41) is 3.07. The van der Waals surface area contributed by atoms with Gasteiger partial charge in [0.25, 0.3) is 0 Å². The van der Waals surface area contributed by atoms with Crippen molar-refractivity contribution in [3.05, 3.63) is 144 Å². The minimum absolute atomic E-state index is 0.0348. The van der Waals surface area contributed by atoms with E-state index < -0.39 is 0 Å². The van der Waals surface area contributed by atoms with Crippen LogP contribution in [0.5, 0.6) is 0 Å². The van der Waals surface area contributed by atoms with E-state index in [1.807, 2.05) is 91.5 Å². The number of nitrogens with zero attached hydrogens (tertiary/aromatic N) is 3. The van der Waals surface area contributed by atoms with Crippen LogP contribution in [0.25, 0.3) is 0 Å². The lowest BCUT2D eigenvalue weighted by atomic mass is 9.88. The SMILES string of the molecule is O=C(CC(c1ccccc1)c1ccccc1)NC/C=C/CN(Cc1ccncc1)Cc1ccncc1. The molecule has 0 bridgehead atoms. The van der Waals surface area contributed by atoms with Gasteiger partial charge < -0.3 is 5.32 Å². The maximum Gasteiger partial charge on any atom is 0.221 e. The molecule has 0 unspecified atom stereocenters. The number of carbonyl (C=O) groups is 1. The van der Waals surface area contributed by atoms with Gasteiger partial charge in [0.05, 0.1) is 0 Å². The van der Waals surface area contributed by atoms with E-state index in [0.717, 1.165) is 30.8 Å². The summed E-state index contributed by atoms with van der Waals surface area (Å²) < 4.78 is 0. The monoisotopic (exact) mass is 476 g/mol. The number of rotatable bonds is 12. The number of benzene rings is 2. The maximum atomic E-state index is 12.8. The highest BCUT2D eigenvalue weighted by atomic mass is 16.1. The summed E-state index contributed by atoms with van der Waals surface area (Å²) in [6.45, 7) is 2.92. The van der Waals surface area contributed by atoms with Crippen LogP contribution < -0.4 is 5.32 Å². The van der Waals surface area contributed by atoms with Crippen LogP contribution in [0.2, 0.25) is 0 Å². The lowest BCUT2D eigenvalue weighted by molar-refractivity contribution is -0.121. The molecule has 4 aromatic rings. The average molecular weight is 477 g/mol. The third-order valence-corrected chi connectivity index (χ3v) is 6.05. The first-order valence-electron chi connectivity index (χ1n) is 12.3. The zero-order chi connectivity index (χ0) is 24.8. The first kappa shape index (κ1) is 25.0. The van der Waals surface area contributed by atoms with Crippen LogP contribution in [-0.2, 0) is 17.9 Å². The summed E-state index contributed by atoms with van der Waals surface area (Å²) in [6.07, 6.45) is 11.9. The minimum atomic E-state index is 0.0348. The largest absolute Gasteiger partial charge is 0.353 e. The molecule has 0 aliphatic carbocycles. The van der Waals surface area contributed by atoms with Gasteiger partial charge in [-0.3, -0.25) is 19.7 Å². The molecule has 0 radical (unpaired) electrons. The predicted octanol–water partition coefficient (Wildman–Crippen LogP) is 5.37. The molecule has 0 saturated heterocycles. The van der Waals surface area contributed by atoms with Crippen molar-refractivity contribution in [1.29, 1.82) is 0 Å². The second-order valence-corrected chi connectivity index (χ2v) is 8.73. The van der Waals surface area contributed by atoms with Gasteiger partial charge in [-0.25, -0.2) is 0 Å². The van der Waals surface area contributed by atoms with Crippen molar-refractivity contribution in [3.8, 4) is 0 Å². The third kappa shape index (κ3) is 8.00. The molecule has 2 aromatic carbocycles. The minimum Gasteiger partial charge on any atom is -0.353 e. The van der Waals surface area contributed by atoms with Crippen molar-refractivity contribution in [2.75, 3.05) is 13.1 Å². The molecule has 0 aliphatic rings. The number of nitrogens with one attached hydrogen (secondary N) is 1. The molecule has 2 heterocycles. The second kappa shape index (κ2) is 13.7. The van der Waals surface area contributed by atoms with Crippen LogP contribution in [0.15, 0.2) is 122 Å². The summed E-state index contributed by atoms with van der Waals surface area (Å²) in [4.78, 5) is 23.4. The summed E-state index contributed by atoms with van der Waals surface area (Å²) >= 11 is 0. The molecular weight excluding hydrogens is 444 g/mol. The molecule has 36 heavy (non-hydrogen) atoms. The van der Waals surface area contributed by atoms with Gasteiger partial charge in [0.1, 0.15) is 0 Å². The van der Waals surface area contributed by atoms with Gasteiger partial charge in [0.2, 0.25) is 5.91 Å². The van der Waals surface area contributed by atoms with Crippen LogP contribution in [0.3, 0.4) is 0 Å². The average Bonchev–Trinajstić information content (AvgIpc) is 2.93. The number of carbonyl (C=O) groups excluding carboxylic acids is 1. The van der Waals surface area contributed by atoms with Gasteiger partial charge in [-0.15, -0.1) is 0 Å². The molecule has 2 aromatic heterocycles. The Labute approximate surface area is 213 Å². The molecule has 1 amide bonds. The number of hydrogen-bond donors (Lipinski definition) is 1. The van der Waals surface area contributed by atoms with Crippen molar-refractivity contribution >= 4 is 5.91 Å². The normalized spacial score (nSPS) is 11.3. The molecule has 5 heteroatoms. The zero-order valence-corrected chi connectivity index (χ0v) is 20.4. The molecule has 182 valence electrons. The van der Waals surface area contributed by atoms with E-state index in [4.69, 9.17) is 0 Å². The Kier molecular flexibility index (Phi) is 9.53. The van der Waals surface area contributed by atoms with Crippen molar-refractivity contribution in [1.82, 2.24) is 20.2 Å². The van der Waals surface area contributed by atoms with Gasteiger partial charge in [0, 0.05) is 63.3 Å². The first-order valence-corrected chi connectivity index (χ1v) is 12.3. The second-order valence-electron chi connectivity index (χ2n) is 8.73. The van der Waals surface area contributed by atoms with E-state index >= 15 is 0 Å². The van der Waals surface area contributed by atoms with E-state index in [1.54, 1.807) is 0 Å². The van der Waals surface area contributed by atoms with Gasteiger partial charge >= 0.3 is 0 Å². The van der Waals surface area contributed by atoms with E-state index in [0.29, 0.717) is 13.0 Å². The lowest BCUT2D eigenvalue weighted by Crippen LogP contribution is -2.26. The summed E-state index contributed by atoms with van der Waals surface area (Å²) in [5.74, 6) is 0.0791. The van der Waals surface area contributed by atoms with Crippen LogP contribution in [0.4, 0.5) is 0 Å².